The lowest BCUT2D eigenvalue weighted by Gasteiger charge is -2.29. The van der Waals surface area contributed by atoms with Gasteiger partial charge in [0.25, 0.3) is 5.91 Å². The molecule has 1 aromatic heterocycles. The predicted octanol–water partition coefficient (Wildman–Crippen LogP) is -0.0452. The van der Waals surface area contributed by atoms with Gasteiger partial charge in [-0.05, 0) is 42.2 Å². The highest BCUT2D eigenvalue weighted by atomic mass is 16.5. The fourth-order valence-corrected chi connectivity index (χ4v) is 3.09. The summed E-state index contributed by atoms with van der Waals surface area (Å²) in [5.74, 6) is -0.921. The fraction of sp³-hybridized carbons (Fsp3) is 0.278. The SMILES string of the molecule is CC(=O)c1cccc2c1OB(O)[C@@H](NC(=O)c1cc(CN)c(CN)cn1)C2. The summed E-state index contributed by atoms with van der Waals surface area (Å²) in [5.41, 5.74) is 14.2. The number of nitrogens with one attached hydrogen (secondary N) is 1. The van der Waals surface area contributed by atoms with Crippen LogP contribution in [0, 0.1) is 0 Å². The summed E-state index contributed by atoms with van der Waals surface area (Å²) in [5, 5.41) is 13.0. The molecule has 9 heteroatoms. The number of pyridine rings is 1. The van der Waals surface area contributed by atoms with Gasteiger partial charge in [-0.2, -0.15) is 0 Å². The second kappa shape index (κ2) is 7.87. The third-order valence-corrected chi connectivity index (χ3v) is 4.57. The molecule has 2 heterocycles. The lowest BCUT2D eigenvalue weighted by atomic mass is 9.72. The minimum atomic E-state index is -1.28. The zero-order valence-corrected chi connectivity index (χ0v) is 14.9. The number of hydrogen-bond acceptors (Lipinski definition) is 7. The molecule has 1 atom stereocenters. The third-order valence-electron chi connectivity index (χ3n) is 4.57. The number of Topliss-reactive ketones (excluding diaryl/α,β-unsaturated/α-hetero) is 1. The topological polar surface area (TPSA) is 141 Å². The Morgan fingerprint density at radius 1 is 1.33 bits per heavy atom. The van der Waals surface area contributed by atoms with Crippen LogP contribution in [0.3, 0.4) is 0 Å². The lowest BCUT2D eigenvalue weighted by Crippen LogP contribution is -2.53. The first-order valence-corrected chi connectivity index (χ1v) is 8.61. The summed E-state index contributed by atoms with van der Waals surface area (Å²) in [6, 6.07) is 6.78. The van der Waals surface area contributed by atoms with Crippen LogP contribution in [0.15, 0.2) is 30.5 Å². The van der Waals surface area contributed by atoms with Gasteiger partial charge in [0.05, 0.1) is 11.5 Å². The highest BCUT2D eigenvalue weighted by molar-refractivity contribution is 6.47. The number of hydrogen-bond donors (Lipinski definition) is 4. The van der Waals surface area contributed by atoms with Crippen LogP contribution >= 0.6 is 0 Å². The Hall–Kier alpha value is -2.75. The molecule has 1 aromatic carbocycles. The van der Waals surface area contributed by atoms with Crippen LogP contribution in [-0.2, 0) is 19.5 Å². The molecule has 0 fully saturated rings. The molecule has 2 aromatic rings. The van der Waals surface area contributed by atoms with E-state index in [0.717, 1.165) is 16.7 Å². The highest BCUT2D eigenvalue weighted by Gasteiger charge is 2.37. The molecule has 6 N–H and O–H groups in total. The number of fused-ring (bicyclic) bond motifs is 1. The number of benzene rings is 1. The largest absolute Gasteiger partial charge is 0.547 e. The Kier molecular flexibility index (Phi) is 5.55. The monoisotopic (exact) mass is 368 g/mol. The predicted molar refractivity (Wildman–Crippen MR) is 100 cm³/mol. The first kappa shape index (κ1) is 19.0. The maximum absolute atomic E-state index is 12.5. The van der Waals surface area contributed by atoms with Gasteiger partial charge in [0, 0.05) is 19.3 Å². The third kappa shape index (κ3) is 3.85. The summed E-state index contributed by atoms with van der Waals surface area (Å²) in [6.07, 6.45) is 1.85. The summed E-state index contributed by atoms with van der Waals surface area (Å²) < 4.78 is 5.52. The van der Waals surface area contributed by atoms with Crippen molar-refractivity contribution in [1.29, 1.82) is 0 Å². The van der Waals surface area contributed by atoms with E-state index in [9.17, 15) is 14.6 Å². The zero-order chi connectivity index (χ0) is 19.6. The Morgan fingerprint density at radius 2 is 2.07 bits per heavy atom. The van der Waals surface area contributed by atoms with Crippen molar-refractivity contribution in [2.24, 2.45) is 11.5 Å². The van der Waals surface area contributed by atoms with Crippen LogP contribution in [0.1, 0.15) is 44.5 Å². The lowest BCUT2D eigenvalue weighted by molar-refractivity contribution is 0.0934. The summed E-state index contributed by atoms with van der Waals surface area (Å²) >= 11 is 0. The van der Waals surface area contributed by atoms with Crippen molar-refractivity contribution in [1.82, 2.24) is 10.3 Å². The molecule has 0 saturated carbocycles. The Labute approximate surface area is 157 Å². The standard InChI is InChI=1S/C18H21BN4O4/c1-10(24)14-4-2-3-11-6-16(19(26)27-17(11)14)23-18(25)15-5-12(7-20)13(8-21)9-22-15/h2-5,9,16,26H,6-8,20-21H2,1H3,(H,23,25)/t16-/m0/s1. The molecule has 1 aliphatic heterocycles. The molecule has 8 nitrogen and oxygen atoms in total. The van der Waals surface area contributed by atoms with Crippen molar-refractivity contribution in [2.75, 3.05) is 0 Å². The molecular weight excluding hydrogens is 347 g/mol. The number of rotatable bonds is 5. The van der Waals surface area contributed by atoms with Crippen LogP contribution in [-0.4, -0.2) is 34.8 Å². The molecular formula is C18H21BN4O4. The van der Waals surface area contributed by atoms with E-state index in [4.69, 9.17) is 16.1 Å². The number of carbonyl (C=O) groups is 2. The normalized spacial score (nSPS) is 15.7. The minimum absolute atomic E-state index is 0.153. The number of ketones is 1. The molecule has 0 saturated heterocycles. The quantitative estimate of drug-likeness (QED) is 0.429. The summed E-state index contributed by atoms with van der Waals surface area (Å²) in [4.78, 5) is 28.4. The molecule has 3 rings (SSSR count). The number of aromatic nitrogens is 1. The van der Waals surface area contributed by atoms with E-state index in [-0.39, 0.29) is 24.6 Å². The number of nitrogens with zero attached hydrogens (tertiary/aromatic N) is 1. The van der Waals surface area contributed by atoms with Gasteiger partial charge in [0.1, 0.15) is 11.4 Å². The average Bonchev–Trinajstić information content (AvgIpc) is 2.67. The molecule has 0 bridgehead atoms. The molecule has 0 unspecified atom stereocenters. The molecule has 0 spiro atoms. The maximum Gasteiger partial charge on any atom is 0.547 e. The van der Waals surface area contributed by atoms with Gasteiger partial charge in [0.2, 0.25) is 0 Å². The van der Waals surface area contributed by atoms with Crippen molar-refractivity contribution in [3.05, 3.63) is 58.4 Å². The number of para-hydroxylation sites is 1. The van der Waals surface area contributed by atoms with E-state index in [1.165, 1.54) is 13.1 Å². The molecule has 0 radical (unpaired) electrons. The second-order valence-corrected chi connectivity index (χ2v) is 6.39. The molecule has 0 aliphatic carbocycles. The second-order valence-electron chi connectivity index (χ2n) is 6.39. The fourth-order valence-electron chi connectivity index (χ4n) is 3.09. The minimum Gasteiger partial charge on any atom is -0.534 e. The average molecular weight is 368 g/mol. The Bertz CT molecular complexity index is 890. The number of carbonyl (C=O) groups excluding carboxylic acids is 2. The molecule has 27 heavy (non-hydrogen) atoms. The van der Waals surface area contributed by atoms with Crippen LogP contribution < -0.4 is 21.4 Å². The maximum atomic E-state index is 12.5. The van der Waals surface area contributed by atoms with Gasteiger partial charge in [-0.3, -0.25) is 14.6 Å². The van der Waals surface area contributed by atoms with E-state index in [1.807, 2.05) is 0 Å². The molecule has 140 valence electrons. The van der Waals surface area contributed by atoms with Crippen molar-refractivity contribution >= 4 is 18.8 Å². The number of amides is 1. The van der Waals surface area contributed by atoms with Gasteiger partial charge in [-0.15, -0.1) is 0 Å². The van der Waals surface area contributed by atoms with Crippen LogP contribution in [0.5, 0.6) is 5.75 Å². The van der Waals surface area contributed by atoms with Crippen LogP contribution in [0.2, 0.25) is 0 Å². The van der Waals surface area contributed by atoms with E-state index in [0.29, 0.717) is 17.7 Å². The van der Waals surface area contributed by atoms with Crippen LogP contribution in [0.4, 0.5) is 0 Å². The zero-order valence-electron chi connectivity index (χ0n) is 14.9. The Balaban J connectivity index is 1.79. The van der Waals surface area contributed by atoms with Gasteiger partial charge >= 0.3 is 7.12 Å². The molecule has 1 amide bonds. The number of nitrogens with two attached hydrogens (primary N) is 2. The van der Waals surface area contributed by atoms with Gasteiger partial charge in [-0.25, -0.2) is 0 Å². The van der Waals surface area contributed by atoms with E-state index in [1.54, 1.807) is 24.3 Å². The summed E-state index contributed by atoms with van der Waals surface area (Å²) in [7, 11) is -1.28. The van der Waals surface area contributed by atoms with Crippen molar-refractivity contribution in [3.63, 3.8) is 0 Å². The first-order chi connectivity index (χ1) is 12.9. The molecule has 1 aliphatic rings. The van der Waals surface area contributed by atoms with Crippen molar-refractivity contribution < 1.29 is 19.3 Å². The van der Waals surface area contributed by atoms with E-state index < -0.39 is 19.0 Å². The Morgan fingerprint density at radius 3 is 2.74 bits per heavy atom. The van der Waals surface area contributed by atoms with E-state index in [2.05, 4.69) is 10.3 Å². The van der Waals surface area contributed by atoms with E-state index >= 15 is 0 Å². The summed E-state index contributed by atoms with van der Waals surface area (Å²) in [6.45, 7) is 1.96. The van der Waals surface area contributed by atoms with Gasteiger partial charge in [-0.1, -0.05) is 12.1 Å². The van der Waals surface area contributed by atoms with Gasteiger partial charge in [0.15, 0.2) is 5.78 Å². The van der Waals surface area contributed by atoms with Crippen LogP contribution in [0.25, 0.3) is 0 Å². The smallest absolute Gasteiger partial charge is 0.534 e. The van der Waals surface area contributed by atoms with Gasteiger partial charge < -0.3 is 26.5 Å². The first-order valence-electron chi connectivity index (χ1n) is 8.61. The van der Waals surface area contributed by atoms with Crippen molar-refractivity contribution in [2.45, 2.75) is 32.4 Å². The highest BCUT2D eigenvalue weighted by Crippen LogP contribution is 2.30. The van der Waals surface area contributed by atoms with Crippen molar-refractivity contribution in [3.8, 4) is 5.75 Å².